The highest BCUT2D eigenvalue weighted by Gasteiger charge is 2.23. The van der Waals surface area contributed by atoms with Gasteiger partial charge in [0.15, 0.2) is 0 Å². The molecule has 190 valence electrons. The van der Waals surface area contributed by atoms with Crippen LogP contribution in [0.15, 0.2) is 61.2 Å². The Bertz CT molecular complexity index is 1450. The largest absolute Gasteiger partial charge is 0.369 e. The summed E-state index contributed by atoms with van der Waals surface area (Å²) in [6.07, 6.45) is 6.31. The van der Waals surface area contributed by atoms with Crippen LogP contribution in [0, 0.1) is 0 Å². The molecule has 1 aromatic carbocycles. The lowest BCUT2D eigenvalue weighted by atomic mass is 9.96. The van der Waals surface area contributed by atoms with Gasteiger partial charge in [-0.3, -0.25) is 19.5 Å². The third-order valence-corrected chi connectivity index (χ3v) is 6.45. The molecular weight excluding hydrogens is 486 g/mol. The number of aromatic nitrogens is 4. The Morgan fingerprint density at radius 3 is 2.70 bits per heavy atom. The maximum Gasteiger partial charge on any atom is 0.251 e. The van der Waals surface area contributed by atoms with Gasteiger partial charge in [-0.1, -0.05) is 25.1 Å². The normalized spacial score (nSPS) is 13.8. The molecule has 4 heterocycles. The van der Waals surface area contributed by atoms with Crippen molar-refractivity contribution in [3.8, 4) is 11.3 Å². The summed E-state index contributed by atoms with van der Waals surface area (Å²) in [7, 11) is 1.62. The molecule has 2 amide bonds. The van der Waals surface area contributed by atoms with Crippen molar-refractivity contribution in [3.63, 3.8) is 0 Å². The molecule has 4 aromatic rings. The van der Waals surface area contributed by atoms with Crippen molar-refractivity contribution in [2.75, 3.05) is 30.4 Å². The van der Waals surface area contributed by atoms with E-state index in [1.54, 1.807) is 30.4 Å². The zero-order chi connectivity index (χ0) is 25.1. The summed E-state index contributed by atoms with van der Waals surface area (Å²) in [5.74, 6) is 1.42. The van der Waals surface area contributed by atoms with Gasteiger partial charge in [-0.05, 0) is 30.2 Å². The minimum Gasteiger partial charge on any atom is -0.369 e. The number of amides is 2. The second-order valence-corrected chi connectivity index (χ2v) is 8.80. The van der Waals surface area contributed by atoms with E-state index in [1.807, 2.05) is 36.4 Å². The average Bonchev–Trinajstić information content (AvgIpc) is 3.36. The van der Waals surface area contributed by atoms with Crippen molar-refractivity contribution in [3.05, 3.63) is 72.3 Å². The van der Waals surface area contributed by atoms with Crippen LogP contribution in [0.25, 0.3) is 22.2 Å². The van der Waals surface area contributed by atoms with E-state index < -0.39 is 0 Å². The first kappa shape index (κ1) is 26.0. The summed E-state index contributed by atoms with van der Waals surface area (Å²) in [4.78, 5) is 43.9. The highest BCUT2D eigenvalue weighted by atomic mass is 32.1. The van der Waals surface area contributed by atoms with Crippen molar-refractivity contribution in [1.82, 2.24) is 25.3 Å². The number of hydrogen-bond acceptors (Lipinski definition) is 7. The average molecular weight is 516 g/mol. The molecule has 5 rings (SSSR count). The Hall–Kier alpha value is -4.05. The topological polar surface area (TPSA) is 113 Å². The van der Waals surface area contributed by atoms with Crippen molar-refractivity contribution < 1.29 is 9.59 Å². The first-order valence-corrected chi connectivity index (χ1v) is 12.0. The van der Waals surface area contributed by atoms with Gasteiger partial charge in [0.2, 0.25) is 5.91 Å². The molecule has 1 atom stereocenters. The van der Waals surface area contributed by atoms with Gasteiger partial charge in [-0.15, -0.1) is 0 Å². The van der Waals surface area contributed by atoms with E-state index >= 15 is 0 Å². The number of anilines is 2. The Balaban J connectivity index is 0.00000320. The second kappa shape index (κ2) is 11.3. The first-order chi connectivity index (χ1) is 17.5. The van der Waals surface area contributed by atoms with Gasteiger partial charge in [-0.25, -0.2) is 15.0 Å². The molecule has 9 nitrogen and oxygen atoms in total. The molecular formula is C27H29N7O2S. The SMILES string of the molecule is CNC(=O)c1ccnc2c([C@H](C)CNc3cc(-c4ccnc(N5CCCC5=O)c4)ncn3)cccc12.S. The molecule has 1 fully saturated rings. The van der Waals surface area contributed by atoms with Gasteiger partial charge in [0, 0.05) is 61.9 Å². The number of hydrogen-bond donors (Lipinski definition) is 2. The van der Waals surface area contributed by atoms with Crippen LogP contribution in [-0.2, 0) is 4.79 Å². The molecule has 0 saturated carbocycles. The van der Waals surface area contributed by atoms with E-state index in [-0.39, 0.29) is 31.2 Å². The standard InChI is InChI=1S/C27H27N7O2.H2S/c1-17(19-5-3-6-20-21(27(36)28-2)9-11-30-26(19)20)15-31-23-14-22(32-16-33-23)18-8-10-29-24(13-18)34-12-4-7-25(34)35;/h3,5-6,8-11,13-14,16-17H,4,7,12,15H2,1-2H3,(H,28,36)(H,31,32,33);1H2/t17-;/m1./s1. The predicted molar refractivity (Wildman–Crippen MR) is 149 cm³/mol. The minimum atomic E-state index is -0.132. The fraction of sp³-hybridized carbons (Fsp3) is 0.259. The van der Waals surface area contributed by atoms with Crippen molar-refractivity contribution >= 4 is 47.8 Å². The molecule has 2 N–H and O–H groups in total. The van der Waals surface area contributed by atoms with Crippen molar-refractivity contribution in [1.29, 1.82) is 0 Å². The van der Waals surface area contributed by atoms with E-state index in [0.29, 0.717) is 36.7 Å². The first-order valence-electron chi connectivity index (χ1n) is 12.0. The molecule has 0 unspecified atom stereocenters. The van der Waals surface area contributed by atoms with E-state index in [9.17, 15) is 9.59 Å². The zero-order valence-electron chi connectivity index (χ0n) is 20.7. The van der Waals surface area contributed by atoms with Crippen LogP contribution in [0.2, 0.25) is 0 Å². The fourth-order valence-electron chi connectivity index (χ4n) is 4.52. The Morgan fingerprint density at radius 1 is 1.08 bits per heavy atom. The van der Waals surface area contributed by atoms with Crippen LogP contribution in [-0.4, -0.2) is 51.9 Å². The second-order valence-electron chi connectivity index (χ2n) is 8.80. The Kier molecular flexibility index (Phi) is 7.98. The zero-order valence-corrected chi connectivity index (χ0v) is 21.7. The van der Waals surface area contributed by atoms with E-state index in [0.717, 1.165) is 34.1 Å². The summed E-state index contributed by atoms with van der Waals surface area (Å²) >= 11 is 0. The molecule has 0 radical (unpaired) electrons. The third kappa shape index (κ3) is 5.39. The highest BCUT2D eigenvalue weighted by molar-refractivity contribution is 7.59. The van der Waals surface area contributed by atoms with Crippen LogP contribution >= 0.6 is 13.5 Å². The summed E-state index contributed by atoms with van der Waals surface area (Å²) in [6.45, 7) is 3.42. The molecule has 1 aliphatic rings. The molecule has 0 bridgehead atoms. The van der Waals surface area contributed by atoms with Crippen molar-refractivity contribution in [2.24, 2.45) is 0 Å². The van der Waals surface area contributed by atoms with E-state index in [4.69, 9.17) is 0 Å². The number of nitrogens with one attached hydrogen (secondary N) is 2. The Morgan fingerprint density at radius 2 is 1.92 bits per heavy atom. The van der Waals surface area contributed by atoms with Gasteiger partial charge >= 0.3 is 0 Å². The van der Waals surface area contributed by atoms with E-state index in [2.05, 4.69) is 37.5 Å². The fourth-order valence-corrected chi connectivity index (χ4v) is 4.52. The number of benzene rings is 1. The van der Waals surface area contributed by atoms with Crippen LogP contribution in [0.1, 0.15) is 41.6 Å². The maximum absolute atomic E-state index is 12.3. The third-order valence-electron chi connectivity index (χ3n) is 6.45. The number of carbonyl (C=O) groups is 2. The van der Waals surface area contributed by atoms with Gasteiger partial charge in [-0.2, -0.15) is 13.5 Å². The quantitative estimate of drug-likeness (QED) is 0.384. The Labute approximate surface area is 222 Å². The summed E-state index contributed by atoms with van der Waals surface area (Å²) < 4.78 is 0. The smallest absolute Gasteiger partial charge is 0.251 e. The highest BCUT2D eigenvalue weighted by Crippen LogP contribution is 2.28. The lowest BCUT2D eigenvalue weighted by Crippen LogP contribution is -2.24. The number of carbonyl (C=O) groups excluding carboxylic acids is 2. The summed E-state index contributed by atoms with van der Waals surface area (Å²) in [5, 5.41) is 6.93. The number of pyridine rings is 2. The maximum atomic E-state index is 12.3. The van der Waals surface area contributed by atoms with Crippen LogP contribution < -0.4 is 15.5 Å². The number of para-hydroxylation sites is 1. The lowest BCUT2D eigenvalue weighted by Gasteiger charge is -2.17. The van der Waals surface area contributed by atoms with Crippen LogP contribution in [0.4, 0.5) is 11.6 Å². The molecule has 0 aliphatic carbocycles. The number of rotatable bonds is 7. The van der Waals surface area contributed by atoms with Gasteiger partial charge in [0.05, 0.1) is 16.8 Å². The van der Waals surface area contributed by atoms with Gasteiger partial charge in [0.25, 0.3) is 5.91 Å². The number of fused-ring (bicyclic) bond motifs is 1. The van der Waals surface area contributed by atoms with Gasteiger partial charge < -0.3 is 10.6 Å². The summed E-state index contributed by atoms with van der Waals surface area (Å²) in [5.41, 5.74) is 4.10. The van der Waals surface area contributed by atoms with Crippen molar-refractivity contribution in [2.45, 2.75) is 25.7 Å². The number of nitrogens with zero attached hydrogens (tertiary/aromatic N) is 5. The lowest BCUT2D eigenvalue weighted by molar-refractivity contribution is -0.117. The predicted octanol–water partition coefficient (Wildman–Crippen LogP) is 3.90. The minimum absolute atomic E-state index is 0. The monoisotopic (exact) mass is 515 g/mol. The molecule has 0 spiro atoms. The van der Waals surface area contributed by atoms with Gasteiger partial charge in [0.1, 0.15) is 18.0 Å². The molecule has 10 heteroatoms. The van der Waals surface area contributed by atoms with Crippen LogP contribution in [0.5, 0.6) is 0 Å². The molecule has 3 aromatic heterocycles. The summed E-state index contributed by atoms with van der Waals surface area (Å²) in [6, 6.07) is 13.3. The molecule has 1 saturated heterocycles. The van der Waals surface area contributed by atoms with E-state index in [1.165, 1.54) is 6.33 Å². The van der Waals surface area contributed by atoms with Crippen LogP contribution in [0.3, 0.4) is 0 Å². The molecule has 37 heavy (non-hydrogen) atoms. The molecule has 1 aliphatic heterocycles.